The first kappa shape index (κ1) is 19.3. The van der Waals surface area contributed by atoms with Crippen LogP contribution in [0.4, 0.5) is 0 Å². The standard InChI is InChI=1S/C19H18ClN5O4/c1-24-8-13(7-21-24)25-19(28)14(18(27)22-16-9-29-10-17(16)26)6-15(23-25)11-2-4-12(20)5-3-11/h2-8,16-17,26H,9-10H2,1H3,(H,22,27)/t16-,17+/m1/s1. The molecule has 0 bridgehead atoms. The highest BCUT2D eigenvalue weighted by Gasteiger charge is 2.29. The summed E-state index contributed by atoms with van der Waals surface area (Å²) in [7, 11) is 1.71. The van der Waals surface area contributed by atoms with Gasteiger partial charge >= 0.3 is 0 Å². The van der Waals surface area contributed by atoms with Crippen LogP contribution in [0.2, 0.25) is 5.02 Å². The van der Waals surface area contributed by atoms with Gasteiger partial charge in [0, 0.05) is 17.6 Å². The SMILES string of the molecule is Cn1cc(-n2nc(-c3ccc(Cl)cc3)cc(C(=O)N[C@@H]3COC[C@@H]3O)c2=O)cn1. The van der Waals surface area contributed by atoms with Gasteiger partial charge in [-0.1, -0.05) is 23.7 Å². The van der Waals surface area contributed by atoms with Gasteiger partial charge in [-0.05, 0) is 18.2 Å². The number of aliphatic hydroxyl groups is 1. The number of ether oxygens (including phenoxy) is 1. The van der Waals surface area contributed by atoms with Crippen LogP contribution in [0.25, 0.3) is 16.9 Å². The molecule has 2 aromatic heterocycles. The number of hydrogen-bond donors (Lipinski definition) is 2. The first-order valence-electron chi connectivity index (χ1n) is 8.88. The molecular weight excluding hydrogens is 398 g/mol. The molecule has 10 heteroatoms. The highest BCUT2D eigenvalue weighted by atomic mass is 35.5. The summed E-state index contributed by atoms with van der Waals surface area (Å²) in [5, 5.41) is 21.6. The molecule has 1 aliphatic heterocycles. The quantitative estimate of drug-likeness (QED) is 0.651. The second kappa shape index (κ2) is 7.78. The Bertz CT molecular complexity index is 1110. The molecule has 0 radical (unpaired) electrons. The van der Waals surface area contributed by atoms with E-state index in [1.807, 2.05) is 0 Å². The van der Waals surface area contributed by atoms with Gasteiger partial charge in [0.1, 0.15) is 11.3 Å². The number of hydrogen-bond acceptors (Lipinski definition) is 6. The zero-order valence-electron chi connectivity index (χ0n) is 15.4. The van der Waals surface area contributed by atoms with Crippen LogP contribution in [0, 0.1) is 0 Å². The normalized spacial score (nSPS) is 18.7. The Balaban J connectivity index is 1.80. The Morgan fingerprint density at radius 2 is 2.07 bits per heavy atom. The molecule has 0 aliphatic carbocycles. The van der Waals surface area contributed by atoms with Crippen molar-refractivity contribution in [2.24, 2.45) is 7.05 Å². The van der Waals surface area contributed by atoms with E-state index < -0.39 is 23.6 Å². The molecule has 150 valence electrons. The third-order valence-electron chi connectivity index (χ3n) is 4.60. The van der Waals surface area contributed by atoms with E-state index in [2.05, 4.69) is 15.5 Å². The van der Waals surface area contributed by atoms with E-state index in [0.29, 0.717) is 22.0 Å². The molecule has 29 heavy (non-hydrogen) atoms. The lowest BCUT2D eigenvalue weighted by molar-refractivity contribution is 0.0884. The number of carbonyl (C=O) groups excluding carboxylic acids is 1. The number of rotatable bonds is 4. The Kier molecular flexibility index (Phi) is 5.18. The van der Waals surface area contributed by atoms with Crippen molar-refractivity contribution in [3.05, 3.63) is 63.7 Å². The molecular formula is C19H18ClN5O4. The molecule has 1 amide bonds. The minimum atomic E-state index is -0.822. The van der Waals surface area contributed by atoms with Gasteiger partial charge in [-0.25, -0.2) is 0 Å². The number of aliphatic hydroxyl groups excluding tert-OH is 1. The largest absolute Gasteiger partial charge is 0.388 e. The molecule has 1 fully saturated rings. The highest BCUT2D eigenvalue weighted by Crippen LogP contribution is 2.20. The summed E-state index contributed by atoms with van der Waals surface area (Å²) in [4.78, 5) is 25.8. The van der Waals surface area contributed by atoms with E-state index in [1.54, 1.807) is 37.5 Å². The first-order chi connectivity index (χ1) is 13.9. The molecule has 1 aromatic carbocycles. The van der Waals surface area contributed by atoms with Crippen molar-refractivity contribution in [1.29, 1.82) is 0 Å². The molecule has 4 rings (SSSR count). The van der Waals surface area contributed by atoms with Crippen molar-refractivity contribution in [2.75, 3.05) is 13.2 Å². The van der Waals surface area contributed by atoms with Crippen molar-refractivity contribution in [3.63, 3.8) is 0 Å². The molecule has 0 spiro atoms. The van der Waals surface area contributed by atoms with E-state index in [0.717, 1.165) is 4.68 Å². The maximum Gasteiger partial charge on any atom is 0.284 e. The van der Waals surface area contributed by atoms with Crippen molar-refractivity contribution in [3.8, 4) is 16.9 Å². The fourth-order valence-corrected chi connectivity index (χ4v) is 3.16. The molecule has 0 unspecified atom stereocenters. The molecule has 1 saturated heterocycles. The monoisotopic (exact) mass is 415 g/mol. The highest BCUT2D eigenvalue weighted by molar-refractivity contribution is 6.30. The second-order valence-corrected chi connectivity index (χ2v) is 7.16. The van der Waals surface area contributed by atoms with Gasteiger partial charge in [-0.15, -0.1) is 0 Å². The summed E-state index contributed by atoms with van der Waals surface area (Å²) < 4.78 is 7.82. The predicted molar refractivity (Wildman–Crippen MR) is 105 cm³/mol. The van der Waals surface area contributed by atoms with Gasteiger partial charge < -0.3 is 15.2 Å². The summed E-state index contributed by atoms with van der Waals surface area (Å²) in [5.74, 6) is -0.611. The van der Waals surface area contributed by atoms with E-state index in [4.69, 9.17) is 16.3 Å². The molecule has 3 aromatic rings. The smallest absolute Gasteiger partial charge is 0.284 e. The fourth-order valence-electron chi connectivity index (χ4n) is 3.04. The zero-order chi connectivity index (χ0) is 20.5. The Labute approximate surface area is 170 Å². The van der Waals surface area contributed by atoms with Crippen molar-refractivity contribution in [1.82, 2.24) is 24.9 Å². The van der Waals surface area contributed by atoms with E-state index >= 15 is 0 Å². The Morgan fingerprint density at radius 1 is 1.31 bits per heavy atom. The van der Waals surface area contributed by atoms with Gasteiger partial charge in [0.25, 0.3) is 11.5 Å². The Morgan fingerprint density at radius 3 is 2.69 bits per heavy atom. The topological polar surface area (TPSA) is 111 Å². The van der Waals surface area contributed by atoms with Crippen LogP contribution < -0.4 is 10.9 Å². The summed E-state index contributed by atoms with van der Waals surface area (Å²) in [6.45, 7) is 0.316. The van der Waals surface area contributed by atoms with E-state index in [1.165, 1.54) is 16.9 Å². The number of amides is 1. The van der Waals surface area contributed by atoms with Crippen LogP contribution >= 0.6 is 11.6 Å². The zero-order valence-corrected chi connectivity index (χ0v) is 16.2. The number of carbonyl (C=O) groups is 1. The average molecular weight is 416 g/mol. The average Bonchev–Trinajstić information content (AvgIpc) is 3.31. The molecule has 2 atom stereocenters. The number of aromatic nitrogens is 4. The van der Waals surface area contributed by atoms with E-state index in [9.17, 15) is 14.7 Å². The van der Waals surface area contributed by atoms with Crippen LogP contribution in [-0.4, -0.2) is 55.9 Å². The maximum atomic E-state index is 13.0. The van der Waals surface area contributed by atoms with E-state index in [-0.39, 0.29) is 18.8 Å². The lowest BCUT2D eigenvalue weighted by Crippen LogP contribution is -2.44. The van der Waals surface area contributed by atoms with Crippen LogP contribution in [0.5, 0.6) is 0 Å². The van der Waals surface area contributed by atoms with Crippen molar-refractivity contribution in [2.45, 2.75) is 12.1 Å². The van der Waals surface area contributed by atoms with Gasteiger partial charge in [0.2, 0.25) is 0 Å². The molecule has 9 nitrogen and oxygen atoms in total. The maximum absolute atomic E-state index is 13.0. The third kappa shape index (κ3) is 3.93. The van der Waals surface area contributed by atoms with Crippen LogP contribution in [0.15, 0.2) is 47.5 Å². The number of halogens is 1. The first-order valence-corrected chi connectivity index (χ1v) is 9.26. The third-order valence-corrected chi connectivity index (χ3v) is 4.85. The number of aryl methyl sites for hydroxylation is 1. The predicted octanol–water partition coefficient (Wildman–Crippen LogP) is 0.776. The number of benzene rings is 1. The minimum Gasteiger partial charge on any atom is -0.388 e. The van der Waals surface area contributed by atoms with Gasteiger partial charge in [-0.3, -0.25) is 14.3 Å². The van der Waals surface area contributed by atoms with Gasteiger partial charge in [-0.2, -0.15) is 14.9 Å². The number of nitrogens with zero attached hydrogens (tertiary/aromatic N) is 4. The molecule has 3 heterocycles. The lowest BCUT2D eigenvalue weighted by atomic mass is 10.1. The number of nitrogens with one attached hydrogen (secondary N) is 1. The minimum absolute atomic E-state index is 0.104. The second-order valence-electron chi connectivity index (χ2n) is 6.72. The molecule has 0 saturated carbocycles. The fraction of sp³-hybridized carbons (Fsp3) is 0.263. The molecule has 1 aliphatic rings. The van der Waals surface area contributed by atoms with Crippen LogP contribution in [0.3, 0.4) is 0 Å². The van der Waals surface area contributed by atoms with Crippen molar-refractivity contribution >= 4 is 17.5 Å². The van der Waals surface area contributed by atoms with Crippen molar-refractivity contribution < 1.29 is 14.6 Å². The Hall–Kier alpha value is -3.01. The summed E-state index contributed by atoms with van der Waals surface area (Å²) in [6.07, 6.45) is 2.28. The van der Waals surface area contributed by atoms with Crippen LogP contribution in [0.1, 0.15) is 10.4 Å². The lowest BCUT2D eigenvalue weighted by Gasteiger charge is -2.15. The molecule has 2 N–H and O–H groups in total. The summed E-state index contributed by atoms with van der Waals surface area (Å²) >= 11 is 5.96. The summed E-state index contributed by atoms with van der Waals surface area (Å²) in [5.41, 5.74) is 0.824. The van der Waals surface area contributed by atoms with Gasteiger partial charge in [0.05, 0.1) is 43.4 Å². The van der Waals surface area contributed by atoms with Crippen LogP contribution in [-0.2, 0) is 11.8 Å². The van der Waals surface area contributed by atoms with Gasteiger partial charge in [0.15, 0.2) is 0 Å². The summed E-state index contributed by atoms with van der Waals surface area (Å²) in [6, 6.07) is 7.74.